The van der Waals surface area contributed by atoms with Crippen molar-refractivity contribution >= 4 is 27.5 Å². The maximum Gasteiger partial charge on any atom is 0.269 e. The van der Waals surface area contributed by atoms with Crippen molar-refractivity contribution in [1.82, 2.24) is 9.55 Å². The van der Waals surface area contributed by atoms with Gasteiger partial charge in [-0.05, 0) is 34.7 Å². The van der Waals surface area contributed by atoms with Crippen LogP contribution in [-0.2, 0) is 6.54 Å². The van der Waals surface area contributed by atoms with Crippen molar-refractivity contribution in [3.8, 4) is 0 Å². The molecule has 1 aromatic rings. The minimum absolute atomic E-state index is 0.0862. The van der Waals surface area contributed by atoms with Crippen LogP contribution < -0.4 is 5.56 Å². The van der Waals surface area contributed by atoms with Crippen LogP contribution in [0.2, 0.25) is 5.15 Å². The second kappa shape index (κ2) is 4.03. The lowest BCUT2D eigenvalue weighted by Crippen LogP contribution is -2.27. The highest BCUT2D eigenvalue weighted by Gasteiger charge is 2.19. The molecule has 3 nitrogen and oxygen atoms in total. The summed E-state index contributed by atoms with van der Waals surface area (Å²) in [4.78, 5) is 15.6. The zero-order valence-corrected chi connectivity index (χ0v) is 9.88. The fourth-order valence-electron chi connectivity index (χ4n) is 1.53. The Balaban J connectivity index is 2.25. The summed E-state index contributed by atoms with van der Waals surface area (Å²) in [5.74, 6) is 0.641. The van der Waals surface area contributed by atoms with E-state index in [-0.39, 0.29) is 10.7 Å². The Labute approximate surface area is 95.2 Å². The zero-order valence-electron chi connectivity index (χ0n) is 7.54. The monoisotopic (exact) mass is 276 g/mol. The van der Waals surface area contributed by atoms with Crippen LogP contribution in [0.15, 0.2) is 15.6 Å². The molecule has 0 radical (unpaired) electrons. The van der Waals surface area contributed by atoms with Gasteiger partial charge in [-0.25, -0.2) is 4.98 Å². The Bertz CT molecular complexity index is 400. The SMILES string of the molecule is O=c1c(Br)c(Cl)ncn1CC1CCC1. The number of aromatic nitrogens is 2. The van der Waals surface area contributed by atoms with E-state index < -0.39 is 0 Å². The number of hydrogen-bond acceptors (Lipinski definition) is 2. The first kappa shape index (κ1) is 10.2. The van der Waals surface area contributed by atoms with Gasteiger partial charge >= 0.3 is 0 Å². The highest BCUT2D eigenvalue weighted by atomic mass is 79.9. The quantitative estimate of drug-likeness (QED) is 0.778. The van der Waals surface area contributed by atoms with Gasteiger partial charge in [0.1, 0.15) is 4.47 Å². The Morgan fingerprint density at radius 1 is 1.64 bits per heavy atom. The van der Waals surface area contributed by atoms with Gasteiger partial charge in [0.2, 0.25) is 0 Å². The molecule has 1 aliphatic carbocycles. The highest BCUT2D eigenvalue weighted by molar-refractivity contribution is 9.10. The van der Waals surface area contributed by atoms with Gasteiger partial charge in [0.05, 0.1) is 6.33 Å². The summed E-state index contributed by atoms with van der Waals surface area (Å²) in [6.45, 7) is 0.765. The molecule has 0 bridgehead atoms. The third-order valence-electron chi connectivity index (χ3n) is 2.62. The van der Waals surface area contributed by atoms with Crippen LogP contribution in [-0.4, -0.2) is 9.55 Å². The molecule has 0 aromatic carbocycles. The predicted octanol–water partition coefficient (Wildman–Crippen LogP) is 2.46. The molecule has 0 saturated heterocycles. The lowest BCUT2D eigenvalue weighted by molar-refractivity contribution is 0.272. The molecule has 1 fully saturated rings. The summed E-state index contributed by atoms with van der Waals surface area (Å²) in [5.41, 5.74) is -0.0862. The van der Waals surface area contributed by atoms with Gasteiger partial charge in [0.25, 0.3) is 5.56 Å². The predicted molar refractivity (Wildman–Crippen MR) is 58.5 cm³/mol. The molecule has 5 heteroatoms. The molecule has 1 heterocycles. The van der Waals surface area contributed by atoms with Crippen LogP contribution in [0.1, 0.15) is 19.3 Å². The van der Waals surface area contributed by atoms with E-state index in [1.807, 2.05) is 0 Å². The van der Waals surface area contributed by atoms with E-state index in [0.29, 0.717) is 10.4 Å². The van der Waals surface area contributed by atoms with Crippen molar-refractivity contribution in [2.75, 3.05) is 0 Å². The van der Waals surface area contributed by atoms with Gasteiger partial charge in [-0.15, -0.1) is 0 Å². The van der Waals surface area contributed by atoms with Crippen molar-refractivity contribution in [2.24, 2.45) is 5.92 Å². The van der Waals surface area contributed by atoms with E-state index in [4.69, 9.17) is 11.6 Å². The Morgan fingerprint density at radius 3 is 2.93 bits per heavy atom. The Morgan fingerprint density at radius 2 is 2.36 bits per heavy atom. The summed E-state index contributed by atoms with van der Waals surface area (Å²) >= 11 is 8.83. The third kappa shape index (κ3) is 1.86. The molecule has 0 N–H and O–H groups in total. The lowest BCUT2D eigenvalue weighted by Gasteiger charge is -2.25. The standard InChI is InChI=1S/C9H10BrClN2O/c10-7-8(11)12-5-13(9(7)14)4-6-2-1-3-6/h5-6H,1-4H2. The van der Waals surface area contributed by atoms with E-state index >= 15 is 0 Å². The first-order valence-corrected chi connectivity index (χ1v) is 5.76. The summed E-state index contributed by atoms with van der Waals surface area (Å²) in [5, 5.41) is 0.236. The van der Waals surface area contributed by atoms with Gasteiger partial charge in [-0.1, -0.05) is 18.0 Å². The third-order valence-corrected chi connectivity index (χ3v) is 3.85. The molecular formula is C9H10BrClN2O. The van der Waals surface area contributed by atoms with Crippen molar-refractivity contribution < 1.29 is 0 Å². The number of nitrogens with zero attached hydrogens (tertiary/aromatic N) is 2. The molecular weight excluding hydrogens is 267 g/mol. The number of rotatable bonds is 2. The number of halogens is 2. The second-order valence-electron chi connectivity index (χ2n) is 3.60. The van der Waals surface area contributed by atoms with Crippen LogP contribution >= 0.6 is 27.5 Å². The Hall–Kier alpha value is -0.350. The fraction of sp³-hybridized carbons (Fsp3) is 0.556. The average Bonchev–Trinajstić information content (AvgIpc) is 2.10. The Kier molecular flexibility index (Phi) is 2.93. The summed E-state index contributed by atoms with van der Waals surface area (Å²) in [6.07, 6.45) is 5.23. The van der Waals surface area contributed by atoms with Crippen LogP contribution in [0.3, 0.4) is 0 Å². The van der Waals surface area contributed by atoms with Crippen LogP contribution in [0, 0.1) is 5.92 Å². The molecule has 0 unspecified atom stereocenters. The molecule has 0 spiro atoms. The van der Waals surface area contributed by atoms with Crippen LogP contribution in [0.4, 0.5) is 0 Å². The van der Waals surface area contributed by atoms with Crippen molar-refractivity contribution in [3.63, 3.8) is 0 Å². The largest absolute Gasteiger partial charge is 0.298 e. The molecule has 2 rings (SSSR count). The minimum Gasteiger partial charge on any atom is -0.298 e. The van der Waals surface area contributed by atoms with Crippen LogP contribution in [0.25, 0.3) is 0 Å². The van der Waals surface area contributed by atoms with E-state index in [1.165, 1.54) is 25.6 Å². The normalized spacial score (nSPS) is 16.7. The highest BCUT2D eigenvalue weighted by Crippen LogP contribution is 2.27. The molecule has 14 heavy (non-hydrogen) atoms. The summed E-state index contributed by atoms with van der Waals surface area (Å²) in [7, 11) is 0. The number of hydrogen-bond donors (Lipinski definition) is 0. The molecule has 0 amide bonds. The van der Waals surface area contributed by atoms with E-state index in [9.17, 15) is 4.79 Å². The van der Waals surface area contributed by atoms with E-state index in [2.05, 4.69) is 20.9 Å². The second-order valence-corrected chi connectivity index (χ2v) is 4.75. The van der Waals surface area contributed by atoms with Crippen molar-refractivity contribution in [2.45, 2.75) is 25.8 Å². The molecule has 76 valence electrons. The average molecular weight is 278 g/mol. The maximum atomic E-state index is 11.7. The lowest BCUT2D eigenvalue weighted by atomic mass is 9.85. The van der Waals surface area contributed by atoms with Crippen LogP contribution in [0.5, 0.6) is 0 Å². The summed E-state index contributed by atoms with van der Waals surface area (Å²) in [6, 6.07) is 0. The fourth-order valence-corrected chi connectivity index (χ4v) is 1.98. The summed E-state index contributed by atoms with van der Waals surface area (Å²) < 4.78 is 1.99. The smallest absolute Gasteiger partial charge is 0.269 e. The van der Waals surface area contributed by atoms with Gasteiger partial charge in [0.15, 0.2) is 5.15 Å². The van der Waals surface area contributed by atoms with E-state index in [0.717, 1.165) is 6.54 Å². The molecule has 1 aliphatic rings. The first-order valence-electron chi connectivity index (χ1n) is 4.59. The van der Waals surface area contributed by atoms with Gasteiger partial charge < -0.3 is 0 Å². The van der Waals surface area contributed by atoms with E-state index in [1.54, 1.807) is 4.57 Å². The minimum atomic E-state index is -0.0862. The molecule has 0 aliphatic heterocycles. The molecule has 1 aromatic heterocycles. The van der Waals surface area contributed by atoms with Gasteiger partial charge in [0, 0.05) is 6.54 Å². The maximum absolute atomic E-state index is 11.7. The van der Waals surface area contributed by atoms with Gasteiger partial charge in [-0.2, -0.15) is 0 Å². The first-order chi connectivity index (χ1) is 6.68. The zero-order chi connectivity index (χ0) is 10.1. The van der Waals surface area contributed by atoms with Gasteiger partial charge in [-0.3, -0.25) is 9.36 Å². The van der Waals surface area contributed by atoms with Crippen molar-refractivity contribution in [1.29, 1.82) is 0 Å². The molecule has 1 saturated carbocycles. The topological polar surface area (TPSA) is 34.9 Å². The van der Waals surface area contributed by atoms with Crippen molar-refractivity contribution in [3.05, 3.63) is 26.3 Å². The molecule has 0 atom stereocenters.